The second-order valence-electron chi connectivity index (χ2n) is 4.80. The number of nitrogens with zero attached hydrogens (tertiary/aromatic N) is 3. The summed E-state index contributed by atoms with van der Waals surface area (Å²) in [6.07, 6.45) is 5.35. The fourth-order valence-electron chi connectivity index (χ4n) is 2.43. The molecule has 7 heteroatoms. The van der Waals surface area contributed by atoms with Gasteiger partial charge in [-0.05, 0) is 41.7 Å². The third-order valence-electron chi connectivity index (χ3n) is 3.42. The van der Waals surface area contributed by atoms with Crippen LogP contribution in [0.1, 0.15) is 19.3 Å². The van der Waals surface area contributed by atoms with E-state index in [1.54, 1.807) is 10.7 Å². The molecule has 0 aliphatic carbocycles. The van der Waals surface area contributed by atoms with Gasteiger partial charge >= 0.3 is 0 Å². The Morgan fingerprint density at radius 3 is 3.26 bits per heavy atom. The lowest BCUT2D eigenvalue weighted by atomic mass is 10.1. The summed E-state index contributed by atoms with van der Waals surface area (Å²) in [6, 6.07) is 2.45. The summed E-state index contributed by atoms with van der Waals surface area (Å²) >= 11 is 3.42. The van der Waals surface area contributed by atoms with Gasteiger partial charge in [0.2, 0.25) is 0 Å². The first-order valence-electron chi connectivity index (χ1n) is 6.51. The van der Waals surface area contributed by atoms with Crippen molar-refractivity contribution in [2.24, 2.45) is 0 Å². The lowest BCUT2D eigenvalue weighted by Gasteiger charge is -2.11. The maximum absolute atomic E-state index is 5.95. The van der Waals surface area contributed by atoms with E-state index >= 15 is 0 Å². The summed E-state index contributed by atoms with van der Waals surface area (Å²) in [5.74, 6) is 1.38. The monoisotopic (exact) mass is 324 g/mol. The second-order valence-corrected chi connectivity index (χ2v) is 5.66. The first-order valence-corrected chi connectivity index (χ1v) is 7.30. The maximum Gasteiger partial charge on any atom is 0.173 e. The Morgan fingerprint density at radius 1 is 1.58 bits per heavy atom. The SMILES string of the molecule is Nc1cc(NCC[C@@H]2CCCN2)nc2c(Br)cnn12. The third kappa shape index (κ3) is 2.66. The van der Waals surface area contributed by atoms with Crippen molar-refractivity contribution in [1.82, 2.24) is 19.9 Å². The van der Waals surface area contributed by atoms with Crippen molar-refractivity contribution in [2.75, 3.05) is 24.1 Å². The molecule has 6 nitrogen and oxygen atoms in total. The summed E-state index contributed by atoms with van der Waals surface area (Å²) in [7, 11) is 0. The van der Waals surface area contributed by atoms with Crippen molar-refractivity contribution >= 4 is 33.2 Å². The minimum absolute atomic E-state index is 0.581. The molecule has 1 saturated heterocycles. The van der Waals surface area contributed by atoms with E-state index in [9.17, 15) is 0 Å². The number of nitrogen functional groups attached to an aromatic ring is 1. The molecule has 1 aliphatic heterocycles. The molecule has 1 fully saturated rings. The summed E-state index contributed by atoms with van der Waals surface area (Å²) in [6.45, 7) is 2.04. The van der Waals surface area contributed by atoms with Crippen LogP contribution in [-0.4, -0.2) is 33.7 Å². The molecule has 102 valence electrons. The molecule has 1 atom stereocenters. The number of nitrogens with one attached hydrogen (secondary N) is 2. The highest BCUT2D eigenvalue weighted by molar-refractivity contribution is 9.10. The van der Waals surface area contributed by atoms with Gasteiger partial charge in [0.15, 0.2) is 5.65 Å². The van der Waals surface area contributed by atoms with Crippen molar-refractivity contribution in [3.8, 4) is 0 Å². The molecule has 0 radical (unpaired) electrons. The van der Waals surface area contributed by atoms with Crippen LogP contribution < -0.4 is 16.4 Å². The number of nitrogens with two attached hydrogens (primary N) is 1. The lowest BCUT2D eigenvalue weighted by Crippen LogP contribution is -2.24. The minimum Gasteiger partial charge on any atom is -0.383 e. The Hall–Kier alpha value is -1.34. The van der Waals surface area contributed by atoms with Gasteiger partial charge in [-0.15, -0.1) is 0 Å². The van der Waals surface area contributed by atoms with Crippen LogP contribution in [0.15, 0.2) is 16.7 Å². The van der Waals surface area contributed by atoms with E-state index in [1.807, 2.05) is 6.07 Å². The van der Waals surface area contributed by atoms with Crippen LogP contribution in [0, 0.1) is 0 Å². The molecular formula is C12H17BrN6. The fourth-order valence-corrected chi connectivity index (χ4v) is 2.78. The molecule has 0 saturated carbocycles. The average Bonchev–Trinajstić information content (AvgIpc) is 3.01. The molecule has 0 bridgehead atoms. The van der Waals surface area contributed by atoms with Gasteiger partial charge in [-0.3, -0.25) is 0 Å². The summed E-state index contributed by atoms with van der Waals surface area (Å²) in [5.41, 5.74) is 6.69. The van der Waals surface area contributed by atoms with Gasteiger partial charge in [0.05, 0.1) is 10.7 Å². The number of halogens is 1. The number of hydrogen-bond acceptors (Lipinski definition) is 5. The molecule has 2 aromatic rings. The molecule has 0 amide bonds. The number of fused-ring (bicyclic) bond motifs is 1. The predicted octanol–water partition coefficient (Wildman–Crippen LogP) is 1.63. The zero-order valence-corrected chi connectivity index (χ0v) is 12.2. The quantitative estimate of drug-likeness (QED) is 0.796. The van der Waals surface area contributed by atoms with Crippen molar-refractivity contribution in [3.63, 3.8) is 0 Å². The average molecular weight is 325 g/mol. The zero-order chi connectivity index (χ0) is 13.2. The highest BCUT2D eigenvalue weighted by Crippen LogP contribution is 2.20. The van der Waals surface area contributed by atoms with Gasteiger partial charge in [-0.1, -0.05) is 0 Å². The van der Waals surface area contributed by atoms with E-state index in [2.05, 4.69) is 36.6 Å². The molecule has 3 heterocycles. The van der Waals surface area contributed by atoms with Gasteiger partial charge in [-0.25, -0.2) is 4.98 Å². The van der Waals surface area contributed by atoms with E-state index < -0.39 is 0 Å². The van der Waals surface area contributed by atoms with Crippen molar-refractivity contribution in [1.29, 1.82) is 0 Å². The van der Waals surface area contributed by atoms with E-state index in [0.717, 1.165) is 35.4 Å². The van der Waals surface area contributed by atoms with Crippen molar-refractivity contribution in [3.05, 3.63) is 16.7 Å². The molecule has 4 N–H and O–H groups in total. The van der Waals surface area contributed by atoms with Gasteiger partial charge in [0.1, 0.15) is 11.6 Å². The van der Waals surface area contributed by atoms with E-state index in [1.165, 1.54) is 12.8 Å². The summed E-state index contributed by atoms with van der Waals surface area (Å²) < 4.78 is 2.47. The largest absolute Gasteiger partial charge is 0.383 e. The lowest BCUT2D eigenvalue weighted by molar-refractivity contribution is 0.574. The summed E-state index contributed by atoms with van der Waals surface area (Å²) in [5, 5.41) is 11.0. The molecule has 0 unspecified atom stereocenters. The molecule has 0 aromatic carbocycles. The molecule has 2 aromatic heterocycles. The number of rotatable bonds is 4. The van der Waals surface area contributed by atoms with Gasteiger partial charge in [0.25, 0.3) is 0 Å². The maximum atomic E-state index is 5.95. The first-order chi connectivity index (χ1) is 9.24. The van der Waals surface area contributed by atoms with Crippen LogP contribution >= 0.6 is 15.9 Å². The van der Waals surface area contributed by atoms with Crippen molar-refractivity contribution in [2.45, 2.75) is 25.3 Å². The second kappa shape index (κ2) is 5.34. The van der Waals surface area contributed by atoms with Crippen LogP contribution in [-0.2, 0) is 0 Å². The van der Waals surface area contributed by atoms with Gasteiger partial charge in [0, 0.05) is 18.7 Å². The Bertz CT molecular complexity index is 575. The van der Waals surface area contributed by atoms with Crippen molar-refractivity contribution < 1.29 is 0 Å². The smallest absolute Gasteiger partial charge is 0.173 e. The fraction of sp³-hybridized carbons (Fsp3) is 0.500. The van der Waals surface area contributed by atoms with Crippen LogP contribution in [0.25, 0.3) is 5.65 Å². The van der Waals surface area contributed by atoms with Crippen LogP contribution in [0.2, 0.25) is 0 Å². The molecule has 3 rings (SSSR count). The van der Waals surface area contributed by atoms with E-state index in [0.29, 0.717) is 11.9 Å². The first kappa shape index (κ1) is 12.7. The highest BCUT2D eigenvalue weighted by atomic mass is 79.9. The van der Waals surface area contributed by atoms with E-state index in [4.69, 9.17) is 5.73 Å². The molecular weight excluding hydrogens is 308 g/mol. The van der Waals surface area contributed by atoms with Crippen LogP contribution in [0.4, 0.5) is 11.6 Å². The topological polar surface area (TPSA) is 80.3 Å². The Balaban J connectivity index is 1.68. The van der Waals surface area contributed by atoms with Gasteiger partial charge < -0.3 is 16.4 Å². The molecule has 1 aliphatic rings. The number of anilines is 2. The predicted molar refractivity (Wildman–Crippen MR) is 79.2 cm³/mol. The standard InChI is InChI=1S/C12H17BrN6/c13-9-7-17-19-10(14)6-11(18-12(9)19)16-5-3-8-2-1-4-15-8/h6-8,15H,1-5,14H2,(H,16,18)/t8-/m0/s1. The Labute approximate surface area is 119 Å². The Kier molecular flexibility index (Phi) is 3.56. The molecule has 19 heavy (non-hydrogen) atoms. The zero-order valence-electron chi connectivity index (χ0n) is 10.6. The minimum atomic E-state index is 0.581. The number of aromatic nitrogens is 3. The highest BCUT2D eigenvalue weighted by Gasteiger charge is 2.13. The van der Waals surface area contributed by atoms with Crippen LogP contribution in [0.5, 0.6) is 0 Å². The normalized spacial score (nSPS) is 19.1. The van der Waals surface area contributed by atoms with Gasteiger partial charge in [-0.2, -0.15) is 9.61 Å². The van der Waals surface area contributed by atoms with E-state index in [-0.39, 0.29) is 0 Å². The molecule has 0 spiro atoms. The Morgan fingerprint density at radius 2 is 2.47 bits per heavy atom. The summed E-state index contributed by atoms with van der Waals surface area (Å²) in [4.78, 5) is 4.50. The number of hydrogen-bond donors (Lipinski definition) is 3. The third-order valence-corrected chi connectivity index (χ3v) is 3.98. The van der Waals surface area contributed by atoms with Crippen LogP contribution in [0.3, 0.4) is 0 Å².